The molecule has 47 heavy (non-hydrogen) atoms. The first kappa shape index (κ1) is 40.0. The topological polar surface area (TPSA) is 63.2 Å². The maximum Gasteiger partial charge on any atom is 0.305 e. The first-order chi connectivity index (χ1) is 21.3. The maximum atomic E-state index is 12.3. The fraction of sp³-hybridized carbons (Fsp3) is 0.973. The lowest BCUT2D eigenvalue weighted by Crippen LogP contribution is -2.70. The van der Waals surface area contributed by atoms with Crippen LogP contribution in [-0.4, -0.2) is 70.8 Å². The molecule has 4 rings (SSSR count). The minimum absolute atomic E-state index is 0.0308. The van der Waals surface area contributed by atoms with Gasteiger partial charge in [-0.05, 0) is 170 Å². The number of esters is 1. The van der Waals surface area contributed by atoms with E-state index in [1.54, 1.807) is 0 Å². The first-order valence-corrected chi connectivity index (χ1v) is 32.7. The zero-order chi connectivity index (χ0) is 35.5. The van der Waals surface area contributed by atoms with E-state index in [-0.39, 0.29) is 35.1 Å². The third-order valence-corrected chi connectivity index (χ3v) is 16.5. The fourth-order valence-corrected chi connectivity index (χ4v) is 15.7. The molecule has 0 heterocycles. The molecule has 0 N–H and O–H groups in total. The van der Waals surface area contributed by atoms with Crippen molar-refractivity contribution < 1.29 is 27.2 Å². The highest BCUT2D eigenvalue weighted by molar-refractivity contribution is 6.71. The number of hydrogen-bond acceptors (Lipinski definition) is 6. The molecule has 12 atom stereocenters. The van der Waals surface area contributed by atoms with Gasteiger partial charge in [0.05, 0.1) is 25.4 Å². The van der Waals surface area contributed by atoms with Crippen molar-refractivity contribution in [3.8, 4) is 0 Å². The smallest absolute Gasteiger partial charge is 0.305 e. The molecule has 4 aliphatic carbocycles. The zero-order valence-electron chi connectivity index (χ0n) is 33.4. The second kappa shape index (κ2) is 14.0. The van der Waals surface area contributed by atoms with E-state index >= 15 is 0 Å². The molecule has 274 valence electrons. The number of methoxy groups -OCH3 is 1. The SMILES string of the molecule is COC(=O)CC[C@@H](C)[C@H]1CCC2C3C(C[C@H](O[Si](C)(C)C)[C@@]21C)[C@@]1(C)CC[C@@H](O[Si](C)(C)C)C[C@@H]1[C@@H](O[Si](C)(C)C)[C@H]3O[Si](C)(C)C. The molecule has 0 saturated heterocycles. The lowest BCUT2D eigenvalue weighted by Gasteiger charge is -2.68. The van der Waals surface area contributed by atoms with Crippen molar-refractivity contribution in [1.29, 1.82) is 0 Å². The van der Waals surface area contributed by atoms with E-state index in [2.05, 4.69) is 99.3 Å². The lowest BCUT2D eigenvalue weighted by atomic mass is 9.42. The van der Waals surface area contributed by atoms with Crippen LogP contribution >= 0.6 is 0 Å². The van der Waals surface area contributed by atoms with Gasteiger partial charge in [0.1, 0.15) is 0 Å². The second-order valence-corrected chi connectivity index (χ2v) is 38.4. The summed E-state index contributed by atoms with van der Waals surface area (Å²) in [6.45, 7) is 36.0. The quantitative estimate of drug-likeness (QED) is 0.147. The summed E-state index contributed by atoms with van der Waals surface area (Å²) in [6.07, 6.45) is 9.05. The standard InChI is InChI=1S/C37H74O6Si4/c1-25(17-20-32(38)39-4)27-18-19-28-33-29(24-31(37(27,28)3)41-45(8,9)10)36(2)22-21-26(40-44(5,6)7)23-30(36)34(42-46(11,12)13)35(33)43-47(14,15)16/h25-31,33-35H,17-24H2,1-16H3/t25-,26-,27-,28?,29?,30-,31+,33?,34-,35+,36-,37-/m1/s1. The van der Waals surface area contributed by atoms with Gasteiger partial charge in [-0.2, -0.15) is 0 Å². The van der Waals surface area contributed by atoms with Gasteiger partial charge in [0.25, 0.3) is 0 Å². The Balaban J connectivity index is 1.85. The average Bonchev–Trinajstić information content (AvgIpc) is 3.25. The fourth-order valence-electron chi connectivity index (χ4n) is 11.0. The Morgan fingerprint density at radius 2 is 1.26 bits per heavy atom. The van der Waals surface area contributed by atoms with Gasteiger partial charge in [0.15, 0.2) is 33.3 Å². The number of rotatable bonds is 12. The molecule has 0 amide bonds. The molecule has 0 bridgehead atoms. The van der Waals surface area contributed by atoms with Crippen LogP contribution in [0.3, 0.4) is 0 Å². The minimum Gasteiger partial charge on any atom is -0.469 e. The molecule has 3 unspecified atom stereocenters. The first-order valence-electron chi connectivity index (χ1n) is 19.1. The van der Waals surface area contributed by atoms with Crippen LogP contribution in [0.2, 0.25) is 78.6 Å². The minimum atomic E-state index is -1.93. The molecule has 0 aromatic heterocycles. The van der Waals surface area contributed by atoms with Gasteiger partial charge in [-0.1, -0.05) is 20.8 Å². The van der Waals surface area contributed by atoms with Crippen molar-refractivity contribution in [2.24, 2.45) is 46.3 Å². The lowest BCUT2D eigenvalue weighted by molar-refractivity contribution is -0.232. The highest BCUT2D eigenvalue weighted by Gasteiger charge is 2.69. The normalized spacial score (nSPS) is 40.3. The Morgan fingerprint density at radius 3 is 1.79 bits per heavy atom. The van der Waals surface area contributed by atoms with E-state index in [9.17, 15) is 4.79 Å². The van der Waals surface area contributed by atoms with Crippen molar-refractivity contribution in [2.45, 2.75) is 175 Å². The molecule has 0 aliphatic heterocycles. The molecule has 6 nitrogen and oxygen atoms in total. The Hall–Kier alpha value is 0.178. The highest BCUT2D eigenvalue weighted by atomic mass is 28.4. The van der Waals surface area contributed by atoms with Crippen molar-refractivity contribution in [2.75, 3.05) is 7.11 Å². The molecule has 0 aromatic rings. The van der Waals surface area contributed by atoms with Crippen LogP contribution in [0.4, 0.5) is 0 Å². The van der Waals surface area contributed by atoms with Crippen molar-refractivity contribution in [1.82, 2.24) is 0 Å². The van der Waals surface area contributed by atoms with Crippen LogP contribution in [0.1, 0.15) is 72.1 Å². The van der Waals surface area contributed by atoms with Crippen LogP contribution in [-0.2, 0) is 27.2 Å². The van der Waals surface area contributed by atoms with Crippen LogP contribution in [0.5, 0.6) is 0 Å². The zero-order valence-corrected chi connectivity index (χ0v) is 37.4. The number of ether oxygens (including phenoxy) is 1. The molecule has 0 spiro atoms. The molecule has 0 aromatic carbocycles. The predicted molar refractivity (Wildman–Crippen MR) is 205 cm³/mol. The molecular formula is C37H74O6Si4. The summed E-state index contributed by atoms with van der Waals surface area (Å²) in [4.78, 5) is 12.3. The van der Waals surface area contributed by atoms with Crippen LogP contribution in [0.25, 0.3) is 0 Å². The molecule has 4 saturated carbocycles. The predicted octanol–water partition coefficient (Wildman–Crippen LogP) is 9.94. The van der Waals surface area contributed by atoms with Crippen LogP contribution in [0, 0.1) is 46.3 Å². The van der Waals surface area contributed by atoms with Gasteiger partial charge in [0, 0.05) is 12.5 Å². The van der Waals surface area contributed by atoms with Crippen LogP contribution in [0.15, 0.2) is 0 Å². The van der Waals surface area contributed by atoms with Gasteiger partial charge in [-0.15, -0.1) is 0 Å². The van der Waals surface area contributed by atoms with E-state index in [0.717, 1.165) is 25.7 Å². The Labute approximate surface area is 294 Å². The monoisotopic (exact) mass is 726 g/mol. The maximum absolute atomic E-state index is 12.3. The summed E-state index contributed by atoms with van der Waals surface area (Å²) in [5.74, 6) is 2.76. The van der Waals surface area contributed by atoms with Gasteiger partial charge in [-0.3, -0.25) is 4.79 Å². The van der Waals surface area contributed by atoms with E-state index in [1.807, 2.05) is 0 Å². The van der Waals surface area contributed by atoms with Crippen molar-refractivity contribution >= 4 is 39.2 Å². The van der Waals surface area contributed by atoms with Crippen molar-refractivity contribution in [3.63, 3.8) is 0 Å². The number of fused-ring (bicyclic) bond motifs is 5. The Kier molecular flexibility index (Phi) is 11.9. The largest absolute Gasteiger partial charge is 0.469 e. The summed E-state index contributed by atoms with van der Waals surface area (Å²) >= 11 is 0. The van der Waals surface area contributed by atoms with Crippen molar-refractivity contribution in [3.05, 3.63) is 0 Å². The Bertz CT molecular complexity index is 1090. The number of hydrogen-bond donors (Lipinski definition) is 0. The summed E-state index contributed by atoms with van der Waals surface area (Å²) in [5.41, 5.74) is 0.188. The molecule has 4 aliphatic rings. The van der Waals surface area contributed by atoms with E-state index in [0.29, 0.717) is 48.0 Å². The summed E-state index contributed by atoms with van der Waals surface area (Å²) in [6, 6.07) is 0. The van der Waals surface area contributed by atoms with Gasteiger partial charge in [0.2, 0.25) is 0 Å². The molecular weight excluding hydrogens is 653 g/mol. The van der Waals surface area contributed by atoms with Gasteiger partial charge < -0.3 is 22.4 Å². The summed E-state index contributed by atoms with van der Waals surface area (Å²) in [7, 11) is -5.87. The third-order valence-electron chi connectivity index (χ3n) is 12.5. The van der Waals surface area contributed by atoms with E-state index in [1.165, 1.54) is 26.4 Å². The van der Waals surface area contributed by atoms with Crippen LogP contribution < -0.4 is 0 Å². The van der Waals surface area contributed by atoms with Gasteiger partial charge in [-0.25, -0.2) is 0 Å². The van der Waals surface area contributed by atoms with E-state index in [4.69, 9.17) is 22.4 Å². The third kappa shape index (κ3) is 8.98. The second-order valence-electron chi connectivity index (χ2n) is 20.5. The summed E-state index contributed by atoms with van der Waals surface area (Å²) in [5, 5.41) is 0. The Morgan fingerprint density at radius 1 is 0.702 bits per heavy atom. The molecule has 0 radical (unpaired) electrons. The molecule has 10 heteroatoms. The molecule has 4 fully saturated rings. The average molecular weight is 727 g/mol. The van der Waals surface area contributed by atoms with E-state index < -0.39 is 33.3 Å². The van der Waals surface area contributed by atoms with Gasteiger partial charge >= 0.3 is 5.97 Å². The number of carbonyl (C=O) groups excluding carboxylic acids is 1. The number of carbonyl (C=O) groups is 1. The summed E-state index contributed by atoms with van der Waals surface area (Å²) < 4.78 is 34.3. The highest BCUT2D eigenvalue weighted by Crippen LogP contribution is 2.70.